The van der Waals surface area contributed by atoms with Gasteiger partial charge in [0.15, 0.2) is 17.3 Å². The first-order chi connectivity index (χ1) is 10.2. The Hall–Kier alpha value is -2.01. The van der Waals surface area contributed by atoms with Crippen LogP contribution < -0.4 is 14.2 Å². The first kappa shape index (κ1) is 12.7. The summed E-state index contributed by atoms with van der Waals surface area (Å²) in [5.74, 6) is 2.13. The molecule has 0 saturated carbocycles. The lowest BCUT2D eigenvalue weighted by Gasteiger charge is -2.25. The lowest BCUT2D eigenvalue weighted by molar-refractivity contribution is 0.0849. The zero-order valence-corrected chi connectivity index (χ0v) is 12.6. The Labute approximate surface area is 129 Å². The molecule has 21 heavy (non-hydrogen) atoms. The summed E-state index contributed by atoms with van der Waals surface area (Å²) in [5.41, 5.74) is 1.54. The summed E-state index contributed by atoms with van der Waals surface area (Å²) in [5, 5.41) is 0. The molecule has 2 aliphatic rings. The minimum atomic E-state index is -0.291. The topological polar surface area (TPSA) is 44.8 Å². The molecule has 0 saturated heterocycles. The van der Waals surface area contributed by atoms with Crippen LogP contribution in [0.5, 0.6) is 17.2 Å². The molecule has 5 heteroatoms. The van der Waals surface area contributed by atoms with Gasteiger partial charge in [-0.3, -0.25) is 4.79 Å². The van der Waals surface area contributed by atoms with Crippen molar-refractivity contribution >= 4 is 21.7 Å². The van der Waals surface area contributed by atoms with Gasteiger partial charge in [0.1, 0.15) is 11.9 Å². The van der Waals surface area contributed by atoms with E-state index in [1.807, 2.05) is 30.3 Å². The molecular weight excluding hydrogens is 336 g/mol. The number of benzene rings is 2. The lowest BCUT2D eigenvalue weighted by Crippen LogP contribution is -2.20. The molecule has 1 atom stereocenters. The van der Waals surface area contributed by atoms with Crippen LogP contribution in [0.25, 0.3) is 0 Å². The van der Waals surface area contributed by atoms with Crippen molar-refractivity contribution in [1.82, 2.24) is 0 Å². The molecule has 0 fully saturated rings. The van der Waals surface area contributed by atoms with Crippen molar-refractivity contribution in [1.29, 1.82) is 0 Å². The van der Waals surface area contributed by atoms with Gasteiger partial charge in [0.25, 0.3) is 0 Å². The highest BCUT2D eigenvalue weighted by Gasteiger charge is 2.29. The molecule has 0 aromatic heterocycles. The Morgan fingerprint density at radius 2 is 1.81 bits per heavy atom. The Morgan fingerprint density at radius 3 is 2.71 bits per heavy atom. The molecule has 4 rings (SSSR count). The number of rotatable bonds is 1. The van der Waals surface area contributed by atoms with Gasteiger partial charge in [-0.25, -0.2) is 0 Å². The van der Waals surface area contributed by atoms with E-state index in [-0.39, 0.29) is 18.7 Å². The van der Waals surface area contributed by atoms with E-state index >= 15 is 0 Å². The number of hydrogen-bond donors (Lipinski definition) is 0. The summed E-state index contributed by atoms with van der Waals surface area (Å²) in [4.78, 5) is 12.3. The molecule has 4 nitrogen and oxygen atoms in total. The molecule has 1 unspecified atom stereocenters. The molecule has 0 radical (unpaired) electrons. The molecular formula is C16H11BrO4. The zero-order chi connectivity index (χ0) is 14.4. The lowest BCUT2D eigenvalue weighted by atomic mass is 9.96. The Kier molecular flexibility index (Phi) is 2.89. The molecule has 106 valence electrons. The summed E-state index contributed by atoms with van der Waals surface area (Å²) in [7, 11) is 0. The van der Waals surface area contributed by atoms with Gasteiger partial charge in [0.05, 0.1) is 12.0 Å². The first-order valence-electron chi connectivity index (χ1n) is 6.60. The standard InChI is InChI=1S/C16H11BrO4/c17-10-2-4-13-11(6-10)12(18)7-15(21-13)9-1-3-14-16(5-9)20-8-19-14/h1-6,15H,7-8H2. The van der Waals surface area contributed by atoms with Crippen molar-refractivity contribution in [3.8, 4) is 17.2 Å². The van der Waals surface area contributed by atoms with Crippen molar-refractivity contribution < 1.29 is 19.0 Å². The number of carbonyl (C=O) groups is 1. The van der Waals surface area contributed by atoms with Crippen LogP contribution in [-0.4, -0.2) is 12.6 Å². The summed E-state index contributed by atoms with van der Waals surface area (Å²) in [6, 6.07) is 11.1. The van der Waals surface area contributed by atoms with Crippen LogP contribution in [0.4, 0.5) is 0 Å². The first-order valence-corrected chi connectivity index (χ1v) is 7.39. The third-order valence-corrected chi connectivity index (χ3v) is 4.14. The van der Waals surface area contributed by atoms with Gasteiger partial charge in [-0.1, -0.05) is 22.0 Å². The van der Waals surface area contributed by atoms with Crippen molar-refractivity contribution in [3.05, 3.63) is 52.0 Å². The predicted octanol–water partition coefficient (Wildman–Crippen LogP) is 3.88. The number of hydrogen-bond acceptors (Lipinski definition) is 4. The highest BCUT2D eigenvalue weighted by molar-refractivity contribution is 9.10. The second-order valence-corrected chi connectivity index (χ2v) is 5.90. The zero-order valence-electron chi connectivity index (χ0n) is 11.0. The predicted molar refractivity (Wildman–Crippen MR) is 79.0 cm³/mol. The quantitative estimate of drug-likeness (QED) is 0.785. The van der Waals surface area contributed by atoms with Gasteiger partial charge in [-0.2, -0.15) is 0 Å². The second kappa shape index (κ2) is 4.77. The number of Topliss-reactive ketones (excluding diaryl/α,β-unsaturated/α-hetero) is 1. The monoisotopic (exact) mass is 346 g/mol. The van der Waals surface area contributed by atoms with Crippen LogP contribution in [0.3, 0.4) is 0 Å². The number of carbonyl (C=O) groups excluding carboxylic acids is 1. The summed E-state index contributed by atoms with van der Waals surface area (Å²) < 4.78 is 17.5. The third-order valence-electron chi connectivity index (χ3n) is 3.65. The Balaban J connectivity index is 1.69. The van der Waals surface area contributed by atoms with Gasteiger partial charge in [0.2, 0.25) is 6.79 Å². The fourth-order valence-corrected chi connectivity index (χ4v) is 2.96. The fraction of sp³-hybridized carbons (Fsp3) is 0.188. The van der Waals surface area contributed by atoms with Crippen LogP contribution in [0.2, 0.25) is 0 Å². The van der Waals surface area contributed by atoms with Crippen molar-refractivity contribution in [2.75, 3.05) is 6.79 Å². The van der Waals surface area contributed by atoms with Crippen molar-refractivity contribution in [2.45, 2.75) is 12.5 Å². The van der Waals surface area contributed by atoms with Crippen LogP contribution in [-0.2, 0) is 0 Å². The van der Waals surface area contributed by atoms with E-state index in [9.17, 15) is 4.79 Å². The molecule has 2 aromatic carbocycles. The molecule has 0 aliphatic carbocycles. The molecule has 2 aliphatic heterocycles. The summed E-state index contributed by atoms with van der Waals surface area (Å²) in [6.07, 6.45) is 0.0315. The van der Waals surface area contributed by atoms with Gasteiger partial charge in [-0.05, 0) is 35.9 Å². The molecule has 2 aromatic rings. The van der Waals surface area contributed by atoms with E-state index in [1.165, 1.54) is 0 Å². The van der Waals surface area contributed by atoms with Crippen LogP contribution in [0, 0.1) is 0 Å². The van der Waals surface area contributed by atoms with Crippen LogP contribution >= 0.6 is 15.9 Å². The number of ether oxygens (including phenoxy) is 3. The maximum atomic E-state index is 12.3. The maximum Gasteiger partial charge on any atom is 0.231 e. The normalized spacial score (nSPS) is 19.1. The molecule has 2 heterocycles. The smallest absolute Gasteiger partial charge is 0.231 e. The number of halogens is 1. The number of ketones is 1. The number of fused-ring (bicyclic) bond motifs is 2. The van der Waals surface area contributed by atoms with Gasteiger partial charge >= 0.3 is 0 Å². The minimum absolute atomic E-state index is 0.0835. The highest BCUT2D eigenvalue weighted by atomic mass is 79.9. The minimum Gasteiger partial charge on any atom is -0.484 e. The highest BCUT2D eigenvalue weighted by Crippen LogP contribution is 2.40. The average molecular weight is 347 g/mol. The van der Waals surface area contributed by atoms with E-state index in [1.54, 1.807) is 6.07 Å². The SMILES string of the molecule is O=C1CC(c2ccc3c(c2)OCO3)Oc2ccc(Br)cc21. The van der Waals surface area contributed by atoms with E-state index in [0.29, 0.717) is 23.5 Å². The average Bonchev–Trinajstić information content (AvgIpc) is 2.95. The van der Waals surface area contributed by atoms with Gasteiger partial charge in [0, 0.05) is 4.47 Å². The maximum absolute atomic E-state index is 12.3. The summed E-state index contributed by atoms with van der Waals surface area (Å²) in [6.45, 7) is 0.236. The molecule has 0 spiro atoms. The Morgan fingerprint density at radius 1 is 1.00 bits per heavy atom. The molecule has 0 N–H and O–H groups in total. The van der Waals surface area contributed by atoms with Crippen molar-refractivity contribution in [2.24, 2.45) is 0 Å². The van der Waals surface area contributed by atoms with Gasteiger partial charge in [-0.15, -0.1) is 0 Å². The molecule has 0 bridgehead atoms. The van der Waals surface area contributed by atoms with Gasteiger partial charge < -0.3 is 14.2 Å². The Bertz CT molecular complexity index is 741. The fourth-order valence-electron chi connectivity index (χ4n) is 2.60. The van der Waals surface area contributed by atoms with Crippen LogP contribution in [0.15, 0.2) is 40.9 Å². The largest absolute Gasteiger partial charge is 0.484 e. The van der Waals surface area contributed by atoms with E-state index < -0.39 is 0 Å². The second-order valence-electron chi connectivity index (χ2n) is 4.99. The van der Waals surface area contributed by atoms with E-state index in [2.05, 4.69) is 15.9 Å². The summed E-state index contributed by atoms with van der Waals surface area (Å²) >= 11 is 3.37. The molecule has 0 amide bonds. The van der Waals surface area contributed by atoms with E-state index in [4.69, 9.17) is 14.2 Å². The third kappa shape index (κ3) is 2.17. The van der Waals surface area contributed by atoms with E-state index in [0.717, 1.165) is 15.8 Å². The van der Waals surface area contributed by atoms with Crippen molar-refractivity contribution in [3.63, 3.8) is 0 Å². The van der Waals surface area contributed by atoms with Crippen LogP contribution in [0.1, 0.15) is 28.4 Å².